The summed E-state index contributed by atoms with van der Waals surface area (Å²) in [6.07, 6.45) is 0. The minimum atomic E-state index is -0.329. The molecule has 0 bridgehead atoms. The molecule has 0 radical (unpaired) electrons. The van der Waals surface area contributed by atoms with E-state index in [1.807, 2.05) is 19.9 Å². The quantitative estimate of drug-likeness (QED) is 0.846. The van der Waals surface area contributed by atoms with Crippen LogP contribution in [0.3, 0.4) is 0 Å². The molecule has 5 heteroatoms. The highest BCUT2D eigenvalue weighted by molar-refractivity contribution is 6.42. The topological polar surface area (TPSA) is 38.3 Å². The van der Waals surface area contributed by atoms with Crippen LogP contribution < -0.4 is 5.32 Å². The second-order valence-electron chi connectivity index (χ2n) is 4.37. The summed E-state index contributed by atoms with van der Waals surface area (Å²) >= 11 is 11.8. The van der Waals surface area contributed by atoms with Crippen LogP contribution in [-0.4, -0.2) is 19.1 Å². The summed E-state index contributed by atoms with van der Waals surface area (Å²) in [6.45, 7) is 4.46. The predicted octanol–water partition coefficient (Wildman–Crippen LogP) is 3.28. The lowest BCUT2D eigenvalue weighted by molar-refractivity contribution is -0.144. The Kier molecular flexibility index (Phi) is 5.93. The first kappa shape index (κ1) is 15.3. The van der Waals surface area contributed by atoms with E-state index in [0.29, 0.717) is 16.6 Å². The lowest BCUT2D eigenvalue weighted by Gasteiger charge is -2.19. The van der Waals surface area contributed by atoms with Crippen molar-refractivity contribution in [3.63, 3.8) is 0 Å². The summed E-state index contributed by atoms with van der Waals surface area (Å²) in [4.78, 5) is 11.6. The molecular weight excluding hydrogens is 273 g/mol. The van der Waals surface area contributed by atoms with E-state index in [4.69, 9.17) is 27.9 Å². The van der Waals surface area contributed by atoms with Crippen molar-refractivity contribution < 1.29 is 9.53 Å². The molecule has 1 aromatic carbocycles. The van der Waals surface area contributed by atoms with Crippen molar-refractivity contribution in [2.45, 2.75) is 26.4 Å². The predicted molar refractivity (Wildman–Crippen MR) is 73.9 cm³/mol. The van der Waals surface area contributed by atoms with Crippen LogP contribution in [-0.2, 0) is 16.1 Å². The molecule has 0 spiro atoms. The molecule has 18 heavy (non-hydrogen) atoms. The van der Waals surface area contributed by atoms with Gasteiger partial charge in [-0.15, -0.1) is 0 Å². The summed E-state index contributed by atoms with van der Waals surface area (Å²) in [7, 11) is 1.39. The fourth-order valence-electron chi connectivity index (χ4n) is 1.60. The number of carbonyl (C=O) groups is 1. The lowest BCUT2D eigenvalue weighted by atomic mass is 10.0. The van der Waals surface area contributed by atoms with Gasteiger partial charge >= 0.3 is 5.97 Å². The smallest absolute Gasteiger partial charge is 0.323 e. The molecule has 1 N–H and O–H groups in total. The van der Waals surface area contributed by atoms with Crippen LogP contribution in [0, 0.1) is 5.92 Å². The Bertz CT molecular complexity index is 421. The van der Waals surface area contributed by atoms with E-state index in [0.717, 1.165) is 5.56 Å². The molecule has 1 atom stereocenters. The van der Waals surface area contributed by atoms with Crippen LogP contribution in [0.15, 0.2) is 18.2 Å². The van der Waals surface area contributed by atoms with E-state index < -0.39 is 0 Å². The van der Waals surface area contributed by atoms with Gasteiger partial charge in [0.25, 0.3) is 0 Å². The van der Waals surface area contributed by atoms with Gasteiger partial charge in [0.1, 0.15) is 6.04 Å². The van der Waals surface area contributed by atoms with Crippen molar-refractivity contribution in [2.24, 2.45) is 5.92 Å². The van der Waals surface area contributed by atoms with E-state index >= 15 is 0 Å². The molecule has 100 valence electrons. The number of rotatable bonds is 5. The van der Waals surface area contributed by atoms with E-state index in [1.165, 1.54) is 7.11 Å². The normalized spacial score (nSPS) is 12.6. The largest absolute Gasteiger partial charge is 0.468 e. The van der Waals surface area contributed by atoms with Crippen LogP contribution in [0.1, 0.15) is 19.4 Å². The molecule has 0 amide bonds. The van der Waals surface area contributed by atoms with Gasteiger partial charge in [0, 0.05) is 6.54 Å². The van der Waals surface area contributed by atoms with Crippen molar-refractivity contribution in [2.75, 3.05) is 7.11 Å². The summed E-state index contributed by atoms with van der Waals surface area (Å²) < 4.78 is 4.76. The second kappa shape index (κ2) is 6.98. The zero-order valence-corrected chi connectivity index (χ0v) is 12.2. The number of nitrogens with one attached hydrogen (secondary N) is 1. The van der Waals surface area contributed by atoms with Gasteiger partial charge in [-0.25, -0.2) is 0 Å². The van der Waals surface area contributed by atoms with Gasteiger partial charge in [0.05, 0.1) is 17.2 Å². The van der Waals surface area contributed by atoms with Crippen molar-refractivity contribution in [1.29, 1.82) is 0 Å². The minimum Gasteiger partial charge on any atom is -0.468 e. The van der Waals surface area contributed by atoms with Crippen molar-refractivity contribution in [3.05, 3.63) is 33.8 Å². The van der Waals surface area contributed by atoms with Crippen molar-refractivity contribution >= 4 is 29.2 Å². The SMILES string of the molecule is COC(=O)[C@@H](NCc1ccc(Cl)c(Cl)c1)C(C)C. The summed E-state index contributed by atoms with van der Waals surface area (Å²) in [5.41, 5.74) is 0.971. The van der Waals surface area contributed by atoms with Crippen LogP contribution in [0.2, 0.25) is 10.0 Å². The highest BCUT2D eigenvalue weighted by Gasteiger charge is 2.22. The molecule has 0 aliphatic carbocycles. The van der Waals surface area contributed by atoms with Crippen LogP contribution in [0.4, 0.5) is 0 Å². The Morgan fingerprint density at radius 1 is 1.33 bits per heavy atom. The number of hydrogen-bond acceptors (Lipinski definition) is 3. The van der Waals surface area contributed by atoms with E-state index in [-0.39, 0.29) is 17.9 Å². The fraction of sp³-hybridized carbons (Fsp3) is 0.462. The van der Waals surface area contributed by atoms with Crippen LogP contribution in [0.25, 0.3) is 0 Å². The molecule has 3 nitrogen and oxygen atoms in total. The Labute approximate surface area is 117 Å². The standard InChI is InChI=1S/C13H17Cl2NO2/c1-8(2)12(13(17)18-3)16-7-9-4-5-10(14)11(15)6-9/h4-6,8,12,16H,7H2,1-3H3/t12-/m0/s1. The maximum Gasteiger partial charge on any atom is 0.323 e. The monoisotopic (exact) mass is 289 g/mol. The Hall–Kier alpha value is -0.770. The second-order valence-corrected chi connectivity index (χ2v) is 5.19. The zero-order chi connectivity index (χ0) is 13.7. The number of esters is 1. The third kappa shape index (κ3) is 4.16. The summed E-state index contributed by atoms with van der Waals surface area (Å²) in [5, 5.41) is 4.19. The summed E-state index contributed by atoms with van der Waals surface area (Å²) in [6, 6.07) is 5.06. The first-order chi connectivity index (χ1) is 8.45. The number of ether oxygens (including phenoxy) is 1. The first-order valence-electron chi connectivity index (χ1n) is 5.70. The van der Waals surface area contributed by atoms with Crippen molar-refractivity contribution in [1.82, 2.24) is 5.32 Å². The molecule has 0 heterocycles. The maximum atomic E-state index is 11.6. The third-order valence-corrected chi connectivity index (χ3v) is 3.37. The lowest BCUT2D eigenvalue weighted by Crippen LogP contribution is -2.41. The maximum absolute atomic E-state index is 11.6. The van der Waals surface area contributed by atoms with Crippen LogP contribution in [0.5, 0.6) is 0 Å². The zero-order valence-electron chi connectivity index (χ0n) is 10.7. The number of carbonyl (C=O) groups excluding carboxylic acids is 1. The first-order valence-corrected chi connectivity index (χ1v) is 6.46. The van der Waals surface area contributed by atoms with Gasteiger partial charge in [0.15, 0.2) is 0 Å². The molecule has 1 aromatic rings. The molecular formula is C13H17Cl2NO2. The Morgan fingerprint density at radius 2 is 2.00 bits per heavy atom. The van der Waals surface area contributed by atoms with Crippen molar-refractivity contribution in [3.8, 4) is 0 Å². The number of halogens is 2. The Morgan fingerprint density at radius 3 is 2.50 bits per heavy atom. The number of benzene rings is 1. The Balaban J connectivity index is 2.67. The van der Waals surface area contributed by atoms with Gasteiger partial charge in [-0.05, 0) is 23.6 Å². The molecule has 1 rings (SSSR count). The molecule has 0 fully saturated rings. The number of hydrogen-bond donors (Lipinski definition) is 1. The summed E-state index contributed by atoms with van der Waals surface area (Å²) in [5.74, 6) is -0.106. The molecule has 0 saturated carbocycles. The van der Waals surface area contributed by atoms with Gasteiger partial charge in [0.2, 0.25) is 0 Å². The third-order valence-electron chi connectivity index (χ3n) is 2.63. The number of methoxy groups -OCH3 is 1. The van der Waals surface area contributed by atoms with Gasteiger partial charge < -0.3 is 10.1 Å². The fourth-order valence-corrected chi connectivity index (χ4v) is 1.92. The average Bonchev–Trinajstić information content (AvgIpc) is 2.33. The highest BCUT2D eigenvalue weighted by atomic mass is 35.5. The van der Waals surface area contributed by atoms with E-state index in [1.54, 1.807) is 12.1 Å². The van der Waals surface area contributed by atoms with Crippen LogP contribution >= 0.6 is 23.2 Å². The van der Waals surface area contributed by atoms with Gasteiger partial charge in [-0.1, -0.05) is 43.1 Å². The minimum absolute atomic E-state index is 0.153. The van der Waals surface area contributed by atoms with E-state index in [2.05, 4.69) is 5.32 Å². The molecule has 0 saturated heterocycles. The van der Waals surface area contributed by atoms with Gasteiger partial charge in [-0.3, -0.25) is 4.79 Å². The molecule has 0 aliphatic rings. The van der Waals surface area contributed by atoms with E-state index in [9.17, 15) is 4.79 Å². The highest BCUT2D eigenvalue weighted by Crippen LogP contribution is 2.22. The van der Waals surface area contributed by atoms with Gasteiger partial charge in [-0.2, -0.15) is 0 Å². The molecule has 0 aromatic heterocycles. The molecule has 0 unspecified atom stereocenters. The average molecular weight is 290 g/mol. The molecule has 0 aliphatic heterocycles.